The van der Waals surface area contributed by atoms with Gasteiger partial charge >= 0.3 is 0 Å². The van der Waals surface area contributed by atoms with Crippen LogP contribution >= 0.6 is 0 Å². The Balaban J connectivity index is 1.51. The highest BCUT2D eigenvalue weighted by Crippen LogP contribution is 2.31. The van der Waals surface area contributed by atoms with E-state index in [9.17, 15) is 13.2 Å². The molecule has 1 aliphatic carbocycles. The van der Waals surface area contributed by atoms with Gasteiger partial charge in [0.25, 0.3) is 5.91 Å². The molecule has 0 aliphatic heterocycles. The van der Waals surface area contributed by atoms with Crippen LogP contribution in [0.1, 0.15) is 45.6 Å². The van der Waals surface area contributed by atoms with E-state index in [1.54, 1.807) is 22.9 Å². The third kappa shape index (κ3) is 5.26. The molecule has 6 nitrogen and oxygen atoms in total. The van der Waals surface area contributed by atoms with Crippen LogP contribution in [0.15, 0.2) is 96.3 Å². The highest BCUT2D eigenvalue weighted by molar-refractivity contribution is 7.90. The molecule has 1 aromatic heterocycles. The molecule has 0 radical (unpaired) electrons. The third-order valence-electron chi connectivity index (χ3n) is 6.52. The lowest BCUT2D eigenvalue weighted by Crippen LogP contribution is -2.34. The molecule has 1 saturated carbocycles. The lowest BCUT2D eigenvalue weighted by molar-refractivity contribution is 0.0725. The molecule has 1 heterocycles. The Labute approximate surface area is 212 Å². The maximum Gasteiger partial charge on any atom is 0.254 e. The van der Waals surface area contributed by atoms with Crippen molar-refractivity contribution in [1.82, 2.24) is 14.5 Å². The number of nitrogens with zero attached hydrogens (tertiary/aromatic N) is 3. The Bertz CT molecular complexity index is 1460. The lowest BCUT2D eigenvalue weighted by Gasteiger charge is -2.24. The van der Waals surface area contributed by atoms with Gasteiger partial charge in [0, 0.05) is 11.6 Å². The highest BCUT2D eigenvalue weighted by Gasteiger charge is 2.35. The summed E-state index contributed by atoms with van der Waals surface area (Å²) in [6, 6.07) is 26.6. The zero-order chi connectivity index (χ0) is 25.1. The number of sulfone groups is 1. The predicted octanol–water partition coefficient (Wildman–Crippen LogP) is 5.02. The molecular weight excluding hydrogens is 470 g/mol. The van der Waals surface area contributed by atoms with Crippen molar-refractivity contribution in [3.63, 3.8) is 0 Å². The summed E-state index contributed by atoms with van der Waals surface area (Å²) in [5.74, 6) is -0.162. The van der Waals surface area contributed by atoms with Crippen molar-refractivity contribution in [3.8, 4) is 0 Å². The summed E-state index contributed by atoms with van der Waals surface area (Å²) in [6.07, 6.45) is 3.51. The largest absolute Gasteiger partial charge is 0.330 e. The smallest absolute Gasteiger partial charge is 0.254 e. The van der Waals surface area contributed by atoms with Crippen molar-refractivity contribution in [2.24, 2.45) is 0 Å². The topological polar surface area (TPSA) is 72.3 Å². The fourth-order valence-electron chi connectivity index (χ4n) is 4.45. The fraction of sp³-hybridized carbons (Fsp3) is 0.241. The maximum atomic E-state index is 13.5. The summed E-state index contributed by atoms with van der Waals surface area (Å²) in [6.45, 7) is 2.60. The van der Waals surface area contributed by atoms with Gasteiger partial charge in [-0.2, -0.15) is 0 Å². The molecule has 7 heteroatoms. The normalized spacial score (nSPS) is 13.5. The monoisotopic (exact) mass is 499 g/mol. The van der Waals surface area contributed by atoms with E-state index in [1.807, 2.05) is 84.6 Å². The minimum absolute atomic E-state index is 0.0308. The summed E-state index contributed by atoms with van der Waals surface area (Å²) < 4.78 is 28.7. The molecule has 1 amide bonds. The second-order valence-corrected chi connectivity index (χ2v) is 11.2. The quantitative estimate of drug-likeness (QED) is 0.324. The van der Waals surface area contributed by atoms with Crippen LogP contribution in [-0.2, 0) is 28.7 Å². The molecule has 0 bridgehead atoms. The second kappa shape index (κ2) is 10.1. The van der Waals surface area contributed by atoms with Gasteiger partial charge < -0.3 is 9.47 Å². The highest BCUT2D eigenvalue weighted by atomic mass is 32.2. The fourth-order valence-corrected chi connectivity index (χ4v) is 5.95. The average Bonchev–Trinajstić information content (AvgIpc) is 3.64. The Hall–Kier alpha value is -3.71. The van der Waals surface area contributed by atoms with Crippen molar-refractivity contribution in [2.75, 3.05) is 0 Å². The van der Waals surface area contributed by atoms with Crippen LogP contribution in [0.2, 0.25) is 0 Å². The van der Waals surface area contributed by atoms with Gasteiger partial charge in [-0.05, 0) is 42.5 Å². The van der Waals surface area contributed by atoms with Gasteiger partial charge in [-0.1, -0.05) is 78.9 Å². The van der Waals surface area contributed by atoms with Crippen LogP contribution in [0.4, 0.5) is 0 Å². The summed E-state index contributed by atoms with van der Waals surface area (Å²) >= 11 is 0. The second-order valence-electron chi connectivity index (χ2n) is 9.33. The van der Waals surface area contributed by atoms with E-state index in [1.165, 1.54) is 0 Å². The predicted molar refractivity (Wildman–Crippen MR) is 139 cm³/mol. The summed E-state index contributed by atoms with van der Waals surface area (Å²) in [5.41, 5.74) is 3.99. The van der Waals surface area contributed by atoms with E-state index in [-0.39, 0.29) is 22.9 Å². The number of carbonyl (C=O) groups is 1. The molecule has 0 N–H and O–H groups in total. The van der Waals surface area contributed by atoms with Crippen LogP contribution in [-0.4, -0.2) is 34.8 Å². The third-order valence-corrected chi connectivity index (χ3v) is 8.11. The number of aromatic nitrogens is 2. The minimum atomic E-state index is -3.71. The summed E-state index contributed by atoms with van der Waals surface area (Å²) in [5, 5.41) is 0.0318. The van der Waals surface area contributed by atoms with Gasteiger partial charge in [-0.15, -0.1) is 0 Å². The Morgan fingerprint density at radius 3 is 2.17 bits per heavy atom. The molecule has 1 fully saturated rings. The number of amides is 1. The molecule has 0 spiro atoms. The van der Waals surface area contributed by atoms with Crippen LogP contribution in [0.3, 0.4) is 0 Å². The molecule has 5 rings (SSSR count). The first kappa shape index (κ1) is 24.0. The lowest BCUT2D eigenvalue weighted by atomic mass is 10.1. The molecule has 0 saturated heterocycles. The SMILES string of the molecule is Cc1ccccc1C(=O)N(Cc1cnc(S(=O)(=O)Cc2ccccc2)n1Cc1ccccc1)C1CC1. The first-order chi connectivity index (χ1) is 17.4. The van der Waals surface area contributed by atoms with Crippen molar-refractivity contribution < 1.29 is 13.2 Å². The number of carbonyl (C=O) groups excluding carboxylic acids is 1. The van der Waals surface area contributed by atoms with Gasteiger partial charge in [0.05, 0.1) is 30.7 Å². The van der Waals surface area contributed by atoms with E-state index in [0.29, 0.717) is 29.9 Å². The summed E-state index contributed by atoms with van der Waals surface area (Å²) in [7, 11) is -3.71. The van der Waals surface area contributed by atoms with Crippen LogP contribution in [0, 0.1) is 6.92 Å². The van der Waals surface area contributed by atoms with Crippen molar-refractivity contribution in [3.05, 3.63) is 119 Å². The van der Waals surface area contributed by atoms with E-state index in [2.05, 4.69) is 4.98 Å². The Kier molecular flexibility index (Phi) is 6.74. The van der Waals surface area contributed by atoms with Gasteiger partial charge in [0.15, 0.2) is 0 Å². The van der Waals surface area contributed by atoms with Gasteiger partial charge in [0.2, 0.25) is 15.0 Å². The number of imidazole rings is 1. The number of rotatable bonds is 9. The zero-order valence-electron chi connectivity index (χ0n) is 20.2. The molecule has 3 aromatic carbocycles. The first-order valence-electron chi connectivity index (χ1n) is 12.1. The van der Waals surface area contributed by atoms with E-state index in [4.69, 9.17) is 0 Å². The van der Waals surface area contributed by atoms with Crippen LogP contribution < -0.4 is 0 Å². The Morgan fingerprint density at radius 1 is 0.917 bits per heavy atom. The van der Waals surface area contributed by atoms with Crippen LogP contribution in [0.25, 0.3) is 0 Å². The van der Waals surface area contributed by atoms with Crippen molar-refractivity contribution >= 4 is 15.7 Å². The molecule has 0 atom stereocenters. The first-order valence-corrected chi connectivity index (χ1v) is 13.8. The number of hydrogen-bond acceptors (Lipinski definition) is 4. The van der Waals surface area contributed by atoms with Gasteiger partial charge in [-0.25, -0.2) is 13.4 Å². The number of aryl methyl sites for hydroxylation is 1. The average molecular weight is 500 g/mol. The molecule has 36 heavy (non-hydrogen) atoms. The molecular formula is C29H29N3O3S. The number of hydrogen-bond donors (Lipinski definition) is 0. The van der Waals surface area contributed by atoms with Crippen molar-refractivity contribution in [2.45, 2.75) is 49.8 Å². The standard InChI is InChI=1S/C29H29N3O3S/c1-22-10-8-9-15-27(22)28(33)31(25-16-17-25)20-26-18-30-29(32(26)19-23-11-4-2-5-12-23)36(34,35)21-24-13-6-3-7-14-24/h2-15,18,25H,16-17,19-21H2,1H3. The minimum Gasteiger partial charge on any atom is -0.330 e. The molecule has 0 unspecified atom stereocenters. The summed E-state index contributed by atoms with van der Waals surface area (Å²) in [4.78, 5) is 19.8. The molecule has 184 valence electrons. The van der Waals surface area contributed by atoms with E-state index < -0.39 is 9.84 Å². The van der Waals surface area contributed by atoms with Gasteiger partial charge in [-0.3, -0.25) is 4.79 Å². The van der Waals surface area contributed by atoms with E-state index >= 15 is 0 Å². The van der Waals surface area contributed by atoms with Crippen LogP contribution in [0.5, 0.6) is 0 Å². The molecule has 4 aromatic rings. The Morgan fingerprint density at radius 2 is 1.53 bits per heavy atom. The van der Waals surface area contributed by atoms with E-state index in [0.717, 1.165) is 24.0 Å². The van der Waals surface area contributed by atoms with Gasteiger partial charge in [0.1, 0.15) is 0 Å². The van der Waals surface area contributed by atoms with Crippen molar-refractivity contribution in [1.29, 1.82) is 0 Å². The zero-order valence-corrected chi connectivity index (χ0v) is 21.1. The number of benzene rings is 3. The maximum absolute atomic E-state index is 13.5. The molecule has 1 aliphatic rings.